The SMILES string of the molecule is CN(C)C(=O)c1ccc(-c2ccc(=O)[nH]c2)cc1. The van der Waals surface area contributed by atoms with Crippen molar-refractivity contribution in [3.8, 4) is 11.1 Å². The summed E-state index contributed by atoms with van der Waals surface area (Å²) in [5.74, 6) is -0.0250. The average Bonchev–Trinajstić information content (AvgIpc) is 2.39. The van der Waals surface area contributed by atoms with E-state index in [-0.39, 0.29) is 11.5 Å². The second-order valence-corrected chi connectivity index (χ2v) is 4.22. The number of amides is 1. The van der Waals surface area contributed by atoms with Crippen LogP contribution in [0.1, 0.15) is 10.4 Å². The molecule has 0 saturated heterocycles. The molecule has 0 radical (unpaired) electrons. The van der Waals surface area contributed by atoms with E-state index in [1.54, 1.807) is 38.5 Å². The first-order valence-electron chi connectivity index (χ1n) is 5.59. The Kier molecular flexibility index (Phi) is 3.28. The predicted octanol–water partition coefficient (Wildman–Crippen LogP) is 1.74. The van der Waals surface area contributed by atoms with E-state index < -0.39 is 0 Å². The van der Waals surface area contributed by atoms with Gasteiger partial charge in [-0.25, -0.2) is 0 Å². The van der Waals surface area contributed by atoms with Crippen LogP contribution in [0, 0.1) is 0 Å². The van der Waals surface area contributed by atoms with Crippen molar-refractivity contribution in [1.82, 2.24) is 9.88 Å². The van der Waals surface area contributed by atoms with E-state index in [1.165, 1.54) is 11.0 Å². The van der Waals surface area contributed by atoms with Crippen LogP contribution in [0.2, 0.25) is 0 Å². The van der Waals surface area contributed by atoms with Gasteiger partial charge in [0, 0.05) is 31.9 Å². The molecule has 0 spiro atoms. The number of carbonyl (C=O) groups excluding carboxylic acids is 1. The van der Waals surface area contributed by atoms with Crippen molar-refractivity contribution in [1.29, 1.82) is 0 Å². The lowest BCUT2D eigenvalue weighted by Gasteiger charge is -2.10. The molecular weight excluding hydrogens is 228 g/mol. The standard InChI is InChI=1S/C14H14N2O2/c1-16(2)14(18)11-5-3-10(4-6-11)12-7-8-13(17)15-9-12/h3-9H,1-2H3,(H,15,17). The van der Waals surface area contributed by atoms with Gasteiger partial charge >= 0.3 is 0 Å². The Morgan fingerprint density at radius 1 is 1.00 bits per heavy atom. The van der Waals surface area contributed by atoms with Crippen LogP contribution in [0.15, 0.2) is 47.4 Å². The van der Waals surface area contributed by atoms with Crippen LogP contribution in [-0.4, -0.2) is 29.9 Å². The molecule has 0 aliphatic rings. The minimum absolute atomic E-state index is 0.0250. The van der Waals surface area contributed by atoms with Gasteiger partial charge in [0.25, 0.3) is 5.91 Å². The molecule has 92 valence electrons. The second kappa shape index (κ2) is 4.87. The van der Waals surface area contributed by atoms with E-state index in [0.29, 0.717) is 5.56 Å². The largest absolute Gasteiger partial charge is 0.345 e. The third-order valence-corrected chi connectivity index (χ3v) is 2.66. The highest BCUT2D eigenvalue weighted by molar-refractivity contribution is 5.94. The number of aromatic nitrogens is 1. The van der Waals surface area contributed by atoms with Crippen LogP contribution >= 0.6 is 0 Å². The summed E-state index contributed by atoms with van der Waals surface area (Å²) in [7, 11) is 3.44. The van der Waals surface area contributed by atoms with E-state index in [0.717, 1.165) is 11.1 Å². The Hall–Kier alpha value is -2.36. The van der Waals surface area contributed by atoms with E-state index in [2.05, 4.69) is 4.98 Å². The molecular formula is C14H14N2O2. The van der Waals surface area contributed by atoms with Gasteiger partial charge in [0.15, 0.2) is 0 Å². The molecule has 2 aromatic rings. The summed E-state index contributed by atoms with van der Waals surface area (Å²) in [6.07, 6.45) is 1.66. The van der Waals surface area contributed by atoms with E-state index in [4.69, 9.17) is 0 Å². The normalized spacial score (nSPS) is 10.1. The van der Waals surface area contributed by atoms with Crippen LogP contribution < -0.4 is 5.56 Å². The van der Waals surface area contributed by atoms with Gasteiger partial charge in [0.2, 0.25) is 5.56 Å². The minimum atomic E-state index is -0.127. The van der Waals surface area contributed by atoms with Gasteiger partial charge in [-0.15, -0.1) is 0 Å². The molecule has 1 N–H and O–H groups in total. The first-order chi connectivity index (χ1) is 8.58. The van der Waals surface area contributed by atoms with Gasteiger partial charge in [-0.3, -0.25) is 9.59 Å². The fraction of sp³-hybridized carbons (Fsp3) is 0.143. The maximum absolute atomic E-state index is 11.7. The lowest BCUT2D eigenvalue weighted by atomic mass is 10.1. The van der Waals surface area contributed by atoms with Gasteiger partial charge in [-0.1, -0.05) is 12.1 Å². The zero-order valence-corrected chi connectivity index (χ0v) is 10.3. The average molecular weight is 242 g/mol. The summed E-state index contributed by atoms with van der Waals surface area (Å²) >= 11 is 0. The van der Waals surface area contributed by atoms with Crippen molar-refractivity contribution in [2.45, 2.75) is 0 Å². The summed E-state index contributed by atoms with van der Waals surface area (Å²) in [6.45, 7) is 0. The molecule has 1 heterocycles. The number of nitrogens with one attached hydrogen (secondary N) is 1. The monoisotopic (exact) mass is 242 g/mol. The number of rotatable bonds is 2. The topological polar surface area (TPSA) is 53.2 Å². The van der Waals surface area contributed by atoms with Gasteiger partial charge in [-0.2, -0.15) is 0 Å². The van der Waals surface area contributed by atoms with Gasteiger partial charge < -0.3 is 9.88 Å². The molecule has 2 rings (SSSR count). The highest BCUT2D eigenvalue weighted by Crippen LogP contribution is 2.18. The molecule has 0 atom stereocenters. The number of aromatic amines is 1. The Morgan fingerprint density at radius 2 is 1.61 bits per heavy atom. The quantitative estimate of drug-likeness (QED) is 0.872. The lowest BCUT2D eigenvalue weighted by Crippen LogP contribution is -2.21. The van der Waals surface area contributed by atoms with E-state index >= 15 is 0 Å². The van der Waals surface area contributed by atoms with Crippen molar-refractivity contribution in [3.63, 3.8) is 0 Å². The highest BCUT2D eigenvalue weighted by atomic mass is 16.2. The lowest BCUT2D eigenvalue weighted by molar-refractivity contribution is 0.0827. The van der Waals surface area contributed by atoms with Gasteiger partial charge in [-0.05, 0) is 29.3 Å². The summed E-state index contributed by atoms with van der Waals surface area (Å²) < 4.78 is 0. The predicted molar refractivity (Wildman–Crippen MR) is 70.5 cm³/mol. The molecule has 0 bridgehead atoms. The third-order valence-electron chi connectivity index (χ3n) is 2.66. The molecule has 1 aromatic carbocycles. The van der Waals surface area contributed by atoms with E-state index in [1.807, 2.05) is 12.1 Å². The summed E-state index contributed by atoms with van der Waals surface area (Å²) in [5.41, 5.74) is 2.39. The van der Waals surface area contributed by atoms with Gasteiger partial charge in [0.1, 0.15) is 0 Å². The minimum Gasteiger partial charge on any atom is -0.345 e. The van der Waals surface area contributed by atoms with Crippen LogP contribution in [0.3, 0.4) is 0 Å². The van der Waals surface area contributed by atoms with Crippen LogP contribution in [0.4, 0.5) is 0 Å². The molecule has 0 aliphatic carbocycles. The summed E-state index contributed by atoms with van der Waals surface area (Å²) in [4.78, 5) is 26.8. The highest BCUT2D eigenvalue weighted by Gasteiger charge is 2.07. The maximum atomic E-state index is 11.7. The fourth-order valence-corrected chi connectivity index (χ4v) is 1.65. The second-order valence-electron chi connectivity index (χ2n) is 4.22. The van der Waals surface area contributed by atoms with E-state index in [9.17, 15) is 9.59 Å². The zero-order chi connectivity index (χ0) is 13.1. The molecule has 0 fully saturated rings. The molecule has 4 nitrogen and oxygen atoms in total. The van der Waals surface area contributed by atoms with Gasteiger partial charge in [0.05, 0.1) is 0 Å². The summed E-state index contributed by atoms with van der Waals surface area (Å²) in [5, 5.41) is 0. The number of hydrogen-bond acceptors (Lipinski definition) is 2. The number of nitrogens with zero attached hydrogens (tertiary/aromatic N) is 1. The van der Waals surface area contributed by atoms with Crippen LogP contribution in [0.25, 0.3) is 11.1 Å². The molecule has 1 aromatic heterocycles. The molecule has 18 heavy (non-hydrogen) atoms. The molecule has 4 heteroatoms. The smallest absolute Gasteiger partial charge is 0.253 e. The zero-order valence-electron chi connectivity index (χ0n) is 10.3. The molecule has 0 unspecified atom stereocenters. The van der Waals surface area contributed by atoms with Crippen molar-refractivity contribution in [3.05, 3.63) is 58.5 Å². The van der Waals surface area contributed by atoms with Crippen molar-refractivity contribution < 1.29 is 4.79 Å². The first-order valence-corrected chi connectivity index (χ1v) is 5.59. The number of hydrogen-bond donors (Lipinski definition) is 1. The Balaban J connectivity index is 2.30. The van der Waals surface area contributed by atoms with Crippen LogP contribution in [-0.2, 0) is 0 Å². The molecule has 1 amide bonds. The first kappa shape index (κ1) is 12.1. The van der Waals surface area contributed by atoms with Crippen molar-refractivity contribution in [2.75, 3.05) is 14.1 Å². The van der Waals surface area contributed by atoms with Crippen molar-refractivity contribution >= 4 is 5.91 Å². The van der Waals surface area contributed by atoms with Crippen molar-refractivity contribution in [2.24, 2.45) is 0 Å². The Bertz CT molecular complexity index is 592. The molecule has 0 saturated carbocycles. The number of H-pyrrole nitrogens is 1. The van der Waals surface area contributed by atoms with Crippen LogP contribution in [0.5, 0.6) is 0 Å². The maximum Gasteiger partial charge on any atom is 0.253 e. The third kappa shape index (κ3) is 2.48. The number of benzene rings is 1. The Labute approximate surface area is 105 Å². The molecule has 0 aliphatic heterocycles. The summed E-state index contributed by atoms with van der Waals surface area (Å²) in [6, 6.07) is 10.5. The Morgan fingerprint density at radius 3 is 2.11 bits per heavy atom. The number of pyridine rings is 1. The number of carbonyl (C=O) groups is 1. The fourth-order valence-electron chi connectivity index (χ4n) is 1.65.